The highest BCUT2D eigenvalue weighted by Crippen LogP contribution is 2.39. The summed E-state index contributed by atoms with van der Waals surface area (Å²) >= 11 is 0. The van der Waals surface area contributed by atoms with E-state index in [1.54, 1.807) is 0 Å². The third kappa shape index (κ3) is 4.87. The van der Waals surface area contributed by atoms with Crippen molar-refractivity contribution in [3.63, 3.8) is 0 Å². The summed E-state index contributed by atoms with van der Waals surface area (Å²) < 4.78 is 5.73. The second-order valence-corrected chi connectivity index (χ2v) is 8.54. The molecule has 30 heavy (non-hydrogen) atoms. The minimum atomic E-state index is -0.876. The average molecular weight is 412 g/mol. The van der Waals surface area contributed by atoms with Crippen LogP contribution >= 0.6 is 0 Å². The predicted molar refractivity (Wildman–Crippen MR) is 112 cm³/mol. The highest BCUT2D eigenvalue weighted by atomic mass is 16.5. The van der Waals surface area contributed by atoms with Gasteiger partial charge in [0.1, 0.15) is 12.3 Å². The molecule has 2 N–H and O–H groups in total. The Hall–Kier alpha value is -3.16. The van der Waals surface area contributed by atoms with Crippen LogP contribution in [0.2, 0.25) is 0 Å². The Morgan fingerprint density at radius 1 is 1.27 bits per heavy atom. The van der Waals surface area contributed by atoms with Crippen LogP contribution in [0.25, 0.3) is 0 Å². The molecule has 0 saturated carbocycles. The molecule has 2 amide bonds. The first-order chi connectivity index (χ1) is 14.2. The number of amides is 2. The molecule has 2 heterocycles. The lowest BCUT2D eigenvalue weighted by Gasteiger charge is -2.33. The van der Waals surface area contributed by atoms with Gasteiger partial charge in [-0.3, -0.25) is 4.79 Å². The van der Waals surface area contributed by atoms with Gasteiger partial charge in [-0.2, -0.15) is 0 Å². The van der Waals surface area contributed by atoms with E-state index in [0.29, 0.717) is 32.0 Å². The van der Waals surface area contributed by atoms with Crippen molar-refractivity contribution in [2.24, 2.45) is 5.41 Å². The van der Waals surface area contributed by atoms with Gasteiger partial charge in [0.2, 0.25) is 5.88 Å². The monoisotopic (exact) mass is 412 g/mol. The van der Waals surface area contributed by atoms with Crippen LogP contribution in [0.3, 0.4) is 0 Å². The molecular formula is C22H28N4O4. The number of carboxylic acid groups (broad SMARTS) is 1. The summed E-state index contributed by atoms with van der Waals surface area (Å²) in [5.41, 5.74) is 3.49. The Bertz CT molecular complexity index is 922. The molecule has 0 fully saturated rings. The largest absolute Gasteiger partial charge is 0.472 e. The fourth-order valence-corrected chi connectivity index (χ4v) is 3.68. The lowest BCUT2D eigenvalue weighted by atomic mass is 9.75. The van der Waals surface area contributed by atoms with E-state index in [2.05, 4.69) is 48.2 Å². The fraction of sp³-hybridized carbons (Fsp3) is 0.455. The SMILES string of the molecule is CNC(=O)c1cnc(OCc2ccc3c(c2)CCN(C(=O)O)CC3C(C)(C)C)cn1. The maximum absolute atomic E-state index is 11.6. The molecule has 2 aromatic rings. The summed E-state index contributed by atoms with van der Waals surface area (Å²) in [5, 5.41) is 12.0. The summed E-state index contributed by atoms with van der Waals surface area (Å²) in [6.45, 7) is 7.71. The summed E-state index contributed by atoms with van der Waals surface area (Å²) in [6, 6.07) is 6.20. The van der Waals surface area contributed by atoms with Crippen molar-refractivity contribution >= 4 is 12.0 Å². The third-order valence-electron chi connectivity index (χ3n) is 5.43. The van der Waals surface area contributed by atoms with Crippen LogP contribution in [0.15, 0.2) is 30.6 Å². The molecule has 1 aromatic heterocycles. The van der Waals surface area contributed by atoms with Gasteiger partial charge >= 0.3 is 6.09 Å². The van der Waals surface area contributed by atoms with E-state index in [4.69, 9.17) is 4.74 Å². The lowest BCUT2D eigenvalue weighted by molar-refractivity contribution is 0.0957. The Kier molecular flexibility index (Phi) is 6.24. The number of rotatable bonds is 4. The summed E-state index contributed by atoms with van der Waals surface area (Å²) in [5.74, 6) is 0.148. The van der Waals surface area contributed by atoms with Crippen LogP contribution in [0.5, 0.6) is 5.88 Å². The molecule has 3 rings (SSSR count). The molecule has 1 aliphatic heterocycles. The number of carbonyl (C=O) groups excluding carboxylic acids is 1. The van der Waals surface area contributed by atoms with Gasteiger partial charge in [0.05, 0.1) is 12.4 Å². The second-order valence-electron chi connectivity index (χ2n) is 8.54. The molecule has 1 aliphatic rings. The standard InChI is InChI=1S/C22H28N4O4/c1-22(2,3)17-12-26(21(28)29)8-7-15-9-14(5-6-16(15)17)13-30-19-11-24-18(10-25-19)20(27)23-4/h5-6,9-11,17H,7-8,12-13H2,1-4H3,(H,23,27)(H,28,29). The van der Waals surface area contributed by atoms with Crippen molar-refractivity contribution < 1.29 is 19.4 Å². The average Bonchev–Trinajstić information content (AvgIpc) is 2.91. The first kappa shape index (κ1) is 21.5. The molecule has 1 aromatic carbocycles. The summed E-state index contributed by atoms with van der Waals surface area (Å²) in [6.07, 6.45) is 2.59. The van der Waals surface area contributed by atoms with Gasteiger partial charge in [0.15, 0.2) is 0 Å². The molecule has 0 aliphatic carbocycles. The van der Waals surface area contributed by atoms with E-state index in [-0.39, 0.29) is 22.9 Å². The summed E-state index contributed by atoms with van der Waals surface area (Å²) in [7, 11) is 1.53. The Labute approximate surface area is 176 Å². The van der Waals surface area contributed by atoms with Gasteiger partial charge in [0.25, 0.3) is 5.91 Å². The molecular weight excluding hydrogens is 384 g/mol. The number of ether oxygens (including phenoxy) is 1. The molecule has 0 spiro atoms. The van der Waals surface area contributed by atoms with Crippen molar-refractivity contribution in [1.29, 1.82) is 0 Å². The first-order valence-electron chi connectivity index (χ1n) is 9.95. The highest BCUT2D eigenvalue weighted by Gasteiger charge is 2.33. The van der Waals surface area contributed by atoms with Gasteiger partial charge in [-0.05, 0) is 28.5 Å². The van der Waals surface area contributed by atoms with Gasteiger partial charge in [-0.1, -0.05) is 39.0 Å². The number of nitrogens with one attached hydrogen (secondary N) is 1. The quantitative estimate of drug-likeness (QED) is 0.800. The molecule has 8 heteroatoms. The highest BCUT2D eigenvalue weighted by molar-refractivity contribution is 5.91. The van der Waals surface area contributed by atoms with Crippen LogP contribution in [0.4, 0.5) is 4.79 Å². The Morgan fingerprint density at radius 3 is 2.63 bits per heavy atom. The van der Waals surface area contributed by atoms with Crippen LogP contribution < -0.4 is 10.1 Å². The van der Waals surface area contributed by atoms with Crippen LogP contribution in [0.1, 0.15) is 53.9 Å². The molecule has 0 radical (unpaired) electrons. The first-order valence-corrected chi connectivity index (χ1v) is 9.95. The molecule has 0 bridgehead atoms. The number of hydrogen-bond donors (Lipinski definition) is 2. The fourth-order valence-electron chi connectivity index (χ4n) is 3.68. The smallest absolute Gasteiger partial charge is 0.407 e. The van der Waals surface area contributed by atoms with E-state index >= 15 is 0 Å². The number of fused-ring (bicyclic) bond motifs is 1. The van der Waals surface area contributed by atoms with E-state index in [1.807, 2.05) is 6.07 Å². The van der Waals surface area contributed by atoms with Gasteiger partial charge in [-0.15, -0.1) is 0 Å². The van der Waals surface area contributed by atoms with Gasteiger partial charge < -0.3 is 20.1 Å². The molecule has 8 nitrogen and oxygen atoms in total. The van der Waals surface area contributed by atoms with Crippen LogP contribution in [-0.4, -0.2) is 52.1 Å². The van der Waals surface area contributed by atoms with Crippen LogP contribution in [-0.2, 0) is 13.0 Å². The number of aromatic nitrogens is 2. The summed E-state index contributed by atoms with van der Waals surface area (Å²) in [4.78, 5) is 32.8. The van der Waals surface area contributed by atoms with E-state index in [0.717, 1.165) is 11.1 Å². The van der Waals surface area contributed by atoms with Crippen molar-refractivity contribution in [3.8, 4) is 5.88 Å². The van der Waals surface area contributed by atoms with E-state index in [1.165, 1.54) is 29.9 Å². The molecule has 1 atom stereocenters. The maximum Gasteiger partial charge on any atom is 0.407 e. The lowest BCUT2D eigenvalue weighted by Crippen LogP contribution is -2.36. The minimum absolute atomic E-state index is 0.0626. The van der Waals surface area contributed by atoms with E-state index in [9.17, 15) is 14.7 Å². The van der Waals surface area contributed by atoms with Crippen molar-refractivity contribution in [1.82, 2.24) is 20.2 Å². The van der Waals surface area contributed by atoms with Crippen LogP contribution in [0, 0.1) is 5.41 Å². The Balaban J connectivity index is 1.77. The number of nitrogens with zero attached hydrogens (tertiary/aromatic N) is 3. The normalized spacial score (nSPS) is 16.4. The third-order valence-corrected chi connectivity index (χ3v) is 5.43. The topological polar surface area (TPSA) is 105 Å². The van der Waals surface area contributed by atoms with Gasteiger partial charge in [0, 0.05) is 26.1 Å². The number of carbonyl (C=O) groups is 2. The zero-order chi connectivity index (χ0) is 21.9. The Morgan fingerprint density at radius 2 is 2.03 bits per heavy atom. The van der Waals surface area contributed by atoms with Crippen molar-refractivity contribution in [2.45, 2.75) is 39.7 Å². The minimum Gasteiger partial charge on any atom is -0.472 e. The zero-order valence-corrected chi connectivity index (χ0v) is 17.8. The number of hydrogen-bond acceptors (Lipinski definition) is 5. The molecule has 0 saturated heterocycles. The second kappa shape index (κ2) is 8.69. The van der Waals surface area contributed by atoms with E-state index < -0.39 is 6.09 Å². The van der Waals surface area contributed by atoms with Gasteiger partial charge in [-0.25, -0.2) is 14.8 Å². The molecule has 160 valence electrons. The van der Waals surface area contributed by atoms with Crippen molar-refractivity contribution in [2.75, 3.05) is 20.1 Å². The number of benzene rings is 1. The predicted octanol–water partition coefficient (Wildman–Crippen LogP) is 3.08. The molecule has 1 unspecified atom stereocenters. The maximum atomic E-state index is 11.6. The van der Waals surface area contributed by atoms with Crippen molar-refractivity contribution in [3.05, 3.63) is 53.0 Å². The zero-order valence-electron chi connectivity index (χ0n) is 17.8.